The van der Waals surface area contributed by atoms with Gasteiger partial charge < -0.3 is 16.4 Å². The molecule has 0 atom stereocenters. The van der Waals surface area contributed by atoms with Gasteiger partial charge in [-0.2, -0.15) is 0 Å². The second-order valence-corrected chi connectivity index (χ2v) is 3.31. The zero-order valence-electron chi connectivity index (χ0n) is 10.3. The second kappa shape index (κ2) is 7.86. The molecule has 0 unspecified atom stereocenters. The van der Waals surface area contributed by atoms with Crippen LogP contribution >= 0.6 is 0 Å². The number of hydrogen-bond acceptors (Lipinski definition) is 2. The summed E-state index contributed by atoms with van der Waals surface area (Å²) in [5.74, 6) is 0. The molecule has 0 radical (unpaired) electrons. The monoisotopic (exact) mass is 243 g/mol. The molecule has 94 valence electrons. The lowest BCUT2D eigenvalue weighted by atomic mass is 10.3. The number of anilines is 2. The van der Waals surface area contributed by atoms with Crippen molar-refractivity contribution in [2.24, 2.45) is 5.73 Å². The molecule has 18 heavy (non-hydrogen) atoms. The molecule has 0 bridgehead atoms. The van der Waals surface area contributed by atoms with Crippen molar-refractivity contribution in [3.63, 3.8) is 0 Å². The number of benzene rings is 2. The van der Waals surface area contributed by atoms with Gasteiger partial charge in [-0.3, -0.25) is 0 Å². The summed E-state index contributed by atoms with van der Waals surface area (Å²) in [5, 5.41) is 5.48. The minimum Gasteiger partial charge on any atom is -0.333 e. The van der Waals surface area contributed by atoms with Crippen molar-refractivity contribution in [2.75, 3.05) is 17.7 Å². The molecule has 0 saturated carbocycles. The van der Waals surface area contributed by atoms with E-state index in [1.165, 1.54) is 7.05 Å². The van der Waals surface area contributed by atoms with E-state index in [2.05, 4.69) is 16.4 Å². The molecule has 2 amide bonds. The second-order valence-electron chi connectivity index (χ2n) is 3.31. The Balaban J connectivity index is 0.000000771. The van der Waals surface area contributed by atoms with Crippen molar-refractivity contribution in [1.29, 1.82) is 0 Å². The molecule has 2 aromatic carbocycles. The van der Waals surface area contributed by atoms with Crippen LogP contribution in [0.3, 0.4) is 0 Å². The van der Waals surface area contributed by atoms with E-state index < -0.39 is 0 Å². The molecule has 0 aliphatic carbocycles. The summed E-state index contributed by atoms with van der Waals surface area (Å²) < 4.78 is 0. The van der Waals surface area contributed by atoms with Crippen LogP contribution in [0.15, 0.2) is 60.7 Å². The first-order valence-corrected chi connectivity index (χ1v) is 5.60. The van der Waals surface area contributed by atoms with E-state index >= 15 is 0 Å². The molecule has 0 aromatic heterocycles. The van der Waals surface area contributed by atoms with Gasteiger partial charge >= 0.3 is 6.03 Å². The number of urea groups is 1. The molecule has 0 saturated heterocycles. The van der Waals surface area contributed by atoms with Crippen LogP contribution in [0.2, 0.25) is 0 Å². The molecular formula is C14H17N3O. The third kappa shape index (κ3) is 4.67. The van der Waals surface area contributed by atoms with Gasteiger partial charge in [-0.25, -0.2) is 4.79 Å². The average molecular weight is 243 g/mol. The maximum Gasteiger partial charge on any atom is 0.323 e. The molecule has 0 spiro atoms. The van der Waals surface area contributed by atoms with Crippen molar-refractivity contribution in [1.82, 2.24) is 0 Å². The first-order valence-electron chi connectivity index (χ1n) is 5.60. The standard InChI is InChI=1S/C13H12N2O.CH5N/c16-13(14-11-7-3-1-4-8-11)15-12-9-5-2-6-10-12;1-2/h1-10H,(H2,14,15,16);2H2,1H3. The van der Waals surface area contributed by atoms with Crippen molar-refractivity contribution >= 4 is 17.4 Å². The Hall–Kier alpha value is -2.33. The Morgan fingerprint density at radius 3 is 1.44 bits per heavy atom. The van der Waals surface area contributed by atoms with E-state index in [1.54, 1.807) is 0 Å². The molecule has 0 aliphatic heterocycles. The number of amides is 2. The zero-order valence-corrected chi connectivity index (χ0v) is 10.3. The van der Waals surface area contributed by atoms with Gasteiger partial charge in [-0.15, -0.1) is 0 Å². The van der Waals surface area contributed by atoms with Gasteiger partial charge in [0.1, 0.15) is 0 Å². The highest BCUT2D eigenvalue weighted by atomic mass is 16.2. The number of carbonyl (C=O) groups excluding carboxylic acids is 1. The van der Waals surface area contributed by atoms with Crippen molar-refractivity contribution in [3.8, 4) is 0 Å². The van der Waals surface area contributed by atoms with Crippen LogP contribution in [0.5, 0.6) is 0 Å². The van der Waals surface area contributed by atoms with E-state index in [4.69, 9.17) is 0 Å². The van der Waals surface area contributed by atoms with Crippen LogP contribution in [0.4, 0.5) is 16.2 Å². The largest absolute Gasteiger partial charge is 0.333 e. The van der Waals surface area contributed by atoms with E-state index in [1.807, 2.05) is 60.7 Å². The van der Waals surface area contributed by atoms with E-state index in [9.17, 15) is 4.79 Å². The van der Waals surface area contributed by atoms with Crippen LogP contribution in [0.1, 0.15) is 0 Å². The SMILES string of the molecule is CN.O=C(Nc1ccccc1)Nc1ccccc1. The topological polar surface area (TPSA) is 67.2 Å². The Morgan fingerprint density at radius 1 is 0.778 bits per heavy atom. The number of carbonyl (C=O) groups is 1. The Bertz CT molecular complexity index is 413. The highest BCUT2D eigenvalue weighted by Crippen LogP contribution is 2.08. The molecule has 2 rings (SSSR count). The number of hydrogen-bond donors (Lipinski definition) is 3. The maximum absolute atomic E-state index is 11.6. The summed E-state index contributed by atoms with van der Waals surface area (Å²) in [6, 6.07) is 18.4. The summed E-state index contributed by atoms with van der Waals surface area (Å²) in [4.78, 5) is 11.6. The fourth-order valence-corrected chi connectivity index (χ4v) is 1.34. The van der Waals surface area contributed by atoms with Crippen molar-refractivity contribution in [3.05, 3.63) is 60.7 Å². The summed E-state index contributed by atoms with van der Waals surface area (Å²) >= 11 is 0. The van der Waals surface area contributed by atoms with Gasteiger partial charge in [0, 0.05) is 11.4 Å². The maximum atomic E-state index is 11.6. The molecule has 4 nitrogen and oxygen atoms in total. The fraction of sp³-hybridized carbons (Fsp3) is 0.0714. The first-order chi connectivity index (χ1) is 8.84. The first kappa shape index (κ1) is 13.7. The van der Waals surface area contributed by atoms with Crippen molar-refractivity contribution < 1.29 is 4.79 Å². The van der Waals surface area contributed by atoms with Gasteiger partial charge in [0.2, 0.25) is 0 Å². The van der Waals surface area contributed by atoms with E-state index in [0.29, 0.717) is 0 Å². The molecule has 4 heteroatoms. The van der Waals surface area contributed by atoms with Crippen LogP contribution in [-0.2, 0) is 0 Å². The third-order valence-electron chi connectivity index (χ3n) is 2.06. The third-order valence-corrected chi connectivity index (χ3v) is 2.06. The highest BCUT2D eigenvalue weighted by molar-refractivity contribution is 5.99. The quantitative estimate of drug-likeness (QED) is 0.759. The van der Waals surface area contributed by atoms with Crippen LogP contribution < -0.4 is 16.4 Å². The van der Waals surface area contributed by atoms with Crippen LogP contribution in [0.25, 0.3) is 0 Å². The Kier molecular flexibility index (Phi) is 6.00. The predicted octanol–water partition coefficient (Wildman–Crippen LogP) is 2.91. The number of nitrogens with two attached hydrogens (primary N) is 1. The summed E-state index contributed by atoms with van der Waals surface area (Å²) in [7, 11) is 1.50. The Labute approximate surface area is 107 Å². The lowest BCUT2D eigenvalue weighted by Crippen LogP contribution is -2.19. The molecule has 0 fully saturated rings. The minimum absolute atomic E-state index is 0.239. The van der Waals surface area contributed by atoms with E-state index in [-0.39, 0.29) is 6.03 Å². The number of para-hydroxylation sites is 2. The lowest BCUT2D eigenvalue weighted by Gasteiger charge is -2.06. The Morgan fingerprint density at radius 2 is 1.11 bits per heavy atom. The normalized spacial score (nSPS) is 8.78. The minimum atomic E-state index is -0.239. The van der Waals surface area contributed by atoms with Gasteiger partial charge in [0.25, 0.3) is 0 Å². The molecule has 0 aliphatic rings. The van der Waals surface area contributed by atoms with Gasteiger partial charge in [0.05, 0.1) is 0 Å². The number of nitrogens with one attached hydrogen (secondary N) is 2. The zero-order chi connectivity index (χ0) is 13.2. The summed E-state index contributed by atoms with van der Waals surface area (Å²) in [6.45, 7) is 0. The smallest absolute Gasteiger partial charge is 0.323 e. The predicted molar refractivity (Wildman–Crippen MR) is 75.6 cm³/mol. The van der Waals surface area contributed by atoms with Crippen LogP contribution in [-0.4, -0.2) is 13.1 Å². The lowest BCUT2D eigenvalue weighted by molar-refractivity contribution is 0.262. The number of rotatable bonds is 2. The van der Waals surface area contributed by atoms with Gasteiger partial charge in [0.15, 0.2) is 0 Å². The summed E-state index contributed by atoms with van der Waals surface area (Å²) in [6.07, 6.45) is 0. The van der Waals surface area contributed by atoms with Gasteiger partial charge in [-0.05, 0) is 31.3 Å². The van der Waals surface area contributed by atoms with Crippen LogP contribution in [0, 0.1) is 0 Å². The fourth-order valence-electron chi connectivity index (χ4n) is 1.34. The molecule has 4 N–H and O–H groups in total. The van der Waals surface area contributed by atoms with E-state index in [0.717, 1.165) is 11.4 Å². The average Bonchev–Trinajstić information content (AvgIpc) is 2.43. The summed E-state index contributed by atoms with van der Waals surface area (Å²) in [5.41, 5.74) is 6.05. The molecular weight excluding hydrogens is 226 g/mol. The molecule has 0 heterocycles. The van der Waals surface area contributed by atoms with Crippen molar-refractivity contribution in [2.45, 2.75) is 0 Å². The van der Waals surface area contributed by atoms with Gasteiger partial charge in [-0.1, -0.05) is 36.4 Å². The molecule has 2 aromatic rings. The highest BCUT2D eigenvalue weighted by Gasteiger charge is 2.00.